The first kappa shape index (κ1) is 21.4. The normalized spacial score (nSPS) is 26.6. The van der Waals surface area contributed by atoms with Crippen LogP contribution in [0.5, 0.6) is 0 Å². The molecule has 0 saturated carbocycles. The molecule has 1 aromatic carbocycles. The van der Waals surface area contributed by atoms with Crippen molar-refractivity contribution in [2.45, 2.75) is 90.5 Å². The van der Waals surface area contributed by atoms with Gasteiger partial charge in [-0.25, -0.2) is 0 Å². The van der Waals surface area contributed by atoms with Gasteiger partial charge in [-0.15, -0.1) is 0 Å². The first-order valence-electron chi connectivity index (χ1n) is 10.1. The Morgan fingerprint density at radius 3 is 2.38 bits per heavy atom. The minimum absolute atomic E-state index is 0.0602. The summed E-state index contributed by atoms with van der Waals surface area (Å²) in [7, 11) is 0. The number of aliphatic hydroxyl groups is 1. The van der Waals surface area contributed by atoms with E-state index < -0.39 is 5.79 Å². The van der Waals surface area contributed by atoms with Crippen LogP contribution in [0.1, 0.15) is 65.4 Å². The van der Waals surface area contributed by atoms with Crippen molar-refractivity contribution >= 4 is 0 Å². The van der Waals surface area contributed by atoms with Gasteiger partial charge in [0.05, 0.1) is 24.9 Å². The van der Waals surface area contributed by atoms with Crippen LogP contribution in [0.25, 0.3) is 0 Å². The van der Waals surface area contributed by atoms with Crippen molar-refractivity contribution in [2.75, 3.05) is 6.61 Å². The molecular weight excluding hydrogens is 328 g/mol. The van der Waals surface area contributed by atoms with Crippen LogP contribution in [0, 0.1) is 5.92 Å². The topological polar surface area (TPSA) is 47.9 Å². The number of benzene rings is 1. The Hall–Kier alpha value is -0.940. The highest BCUT2D eigenvalue weighted by Crippen LogP contribution is 2.34. The number of hydrogen-bond donors (Lipinski definition) is 1. The highest BCUT2D eigenvalue weighted by Gasteiger charge is 2.40. The molecule has 2 rings (SSSR count). The summed E-state index contributed by atoms with van der Waals surface area (Å²) in [5, 5.41) is 9.29. The molecule has 0 aliphatic carbocycles. The Kier molecular flexibility index (Phi) is 8.55. The van der Waals surface area contributed by atoms with Crippen LogP contribution in [0.3, 0.4) is 0 Å². The average molecular weight is 365 g/mol. The van der Waals surface area contributed by atoms with Crippen LogP contribution in [-0.2, 0) is 20.8 Å². The predicted molar refractivity (Wildman–Crippen MR) is 104 cm³/mol. The Bertz CT molecular complexity index is 502. The monoisotopic (exact) mass is 364 g/mol. The maximum atomic E-state index is 9.29. The van der Waals surface area contributed by atoms with E-state index >= 15 is 0 Å². The molecule has 0 bridgehead atoms. The molecule has 1 aliphatic rings. The number of aliphatic hydroxyl groups excluding tert-OH is 1. The zero-order valence-electron chi connectivity index (χ0n) is 16.8. The van der Waals surface area contributed by atoms with Gasteiger partial charge in [-0.1, -0.05) is 44.2 Å². The second-order valence-electron chi connectivity index (χ2n) is 7.84. The van der Waals surface area contributed by atoms with Gasteiger partial charge in [0, 0.05) is 12.5 Å². The fourth-order valence-electron chi connectivity index (χ4n) is 3.72. The maximum absolute atomic E-state index is 9.29. The van der Waals surface area contributed by atoms with Gasteiger partial charge in [0.25, 0.3) is 0 Å². The summed E-state index contributed by atoms with van der Waals surface area (Å²) in [5.74, 6) is -0.286. The number of hydrogen-bond acceptors (Lipinski definition) is 4. The van der Waals surface area contributed by atoms with E-state index in [0.29, 0.717) is 18.9 Å². The van der Waals surface area contributed by atoms with E-state index in [1.165, 1.54) is 5.56 Å². The summed E-state index contributed by atoms with van der Waals surface area (Å²) < 4.78 is 18.2. The fraction of sp³-hybridized carbons (Fsp3) is 0.727. The molecule has 4 heteroatoms. The smallest absolute Gasteiger partial charge is 0.163 e. The van der Waals surface area contributed by atoms with E-state index in [4.69, 9.17) is 14.2 Å². The van der Waals surface area contributed by atoms with Gasteiger partial charge < -0.3 is 19.3 Å². The summed E-state index contributed by atoms with van der Waals surface area (Å²) in [6.45, 7) is 9.12. The highest BCUT2D eigenvalue weighted by atomic mass is 16.7. The van der Waals surface area contributed by atoms with Gasteiger partial charge in [0.2, 0.25) is 0 Å². The third-order valence-corrected chi connectivity index (χ3v) is 5.26. The zero-order chi connectivity index (χ0) is 19.0. The molecule has 0 amide bonds. The van der Waals surface area contributed by atoms with E-state index in [2.05, 4.69) is 26.0 Å². The minimum Gasteiger partial charge on any atom is -0.396 e. The largest absolute Gasteiger partial charge is 0.396 e. The Morgan fingerprint density at radius 2 is 1.77 bits per heavy atom. The van der Waals surface area contributed by atoms with Crippen molar-refractivity contribution in [1.29, 1.82) is 0 Å². The molecule has 1 heterocycles. The lowest BCUT2D eigenvalue weighted by Gasteiger charge is -2.45. The molecule has 1 aliphatic heterocycles. The Labute approximate surface area is 158 Å². The van der Waals surface area contributed by atoms with Gasteiger partial charge in [0.15, 0.2) is 5.79 Å². The molecule has 0 unspecified atom stereocenters. The second kappa shape index (κ2) is 10.4. The highest BCUT2D eigenvalue weighted by molar-refractivity contribution is 5.13. The summed E-state index contributed by atoms with van der Waals surface area (Å²) in [6.07, 6.45) is 5.32. The lowest BCUT2D eigenvalue weighted by Crippen LogP contribution is -2.50. The number of ether oxygens (including phenoxy) is 3. The molecular formula is C22H36O4. The van der Waals surface area contributed by atoms with Gasteiger partial charge in [-0.3, -0.25) is 0 Å². The number of rotatable bonds is 10. The molecule has 1 aromatic rings. The standard InChI is InChI=1S/C22H36O4/c1-5-19(24-16-18-10-7-6-8-11-18)12-9-13-20-17(2)21(14-15-23)26-22(3,4)25-20/h6-8,10-11,17,19-21,23H,5,9,12-16H2,1-4H3/t17-,19+,20+,21-/m1/s1. The third kappa shape index (κ3) is 6.66. The van der Waals surface area contributed by atoms with Gasteiger partial charge >= 0.3 is 0 Å². The molecule has 26 heavy (non-hydrogen) atoms. The fourth-order valence-corrected chi connectivity index (χ4v) is 3.72. The molecule has 148 valence electrons. The van der Waals surface area contributed by atoms with Crippen LogP contribution < -0.4 is 0 Å². The van der Waals surface area contributed by atoms with Crippen LogP contribution in [-0.4, -0.2) is 35.8 Å². The lowest BCUT2D eigenvalue weighted by atomic mass is 9.90. The van der Waals surface area contributed by atoms with Crippen molar-refractivity contribution < 1.29 is 19.3 Å². The Balaban J connectivity index is 1.78. The first-order chi connectivity index (χ1) is 12.4. The van der Waals surface area contributed by atoms with Crippen LogP contribution in [0.2, 0.25) is 0 Å². The molecule has 4 atom stereocenters. The lowest BCUT2D eigenvalue weighted by molar-refractivity contribution is -0.321. The molecule has 1 fully saturated rings. The SMILES string of the molecule is CC[C@@H](CCC[C@@H]1OC(C)(C)O[C@H](CCO)[C@@H]1C)OCc1ccccc1. The molecule has 0 aromatic heterocycles. The van der Waals surface area contributed by atoms with E-state index in [1.807, 2.05) is 32.0 Å². The first-order valence-corrected chi connectivity index (χ1v) is 10.1. The maximum Gasteiger partial charge on any atom is 0.163 e. The molecule has 1 saturated heterocycles. The van der Waals surface area contributed by atoms with Crippen molar-refractivity contribution in [1.82, 2.24) is 0 Å². The quantitative estimate of drug-likeness (QED) is 0.654. The molecule has 4 nitrogen and oxygen atoms in total. The van der Waals surface area contributed by atoms with Gasteiger partial charge in [-0.2, -0.15) is 0 Å². The van der Waals surface area contributed by atoms with E-state index in [9.17, 15) is 5.11 Å². The van der Waals surface area contributed by atoms with Crippen molar-refractivity contribution in [3.8, 4) is 0 Å². The van der Waals surface area contributed by atoms with Crippen LogP contribution >= 0.6 is 0 Å². The summed E-state index contributed by atoms with van der Waals surface area (Å²) in [5.41, 5.74) is 1.22. The van der Waals surface area contributed by atoms with E-state index in [0.717, 1.165) is 25.7 Å². The third-order valence-electron chi connectivity index (χ3n) is 5.26. The van der Waals surface area contributed by atoms with Crippen LogP contribution in [0.15, 0.2) is 30.3 Å². The Morgan fingerprint density at radius 1 is 1.12 bits per heavy atom. The zero-order valence-corrected chi connectivity index (χ0v) is 16.8. The van der Waals surface area contributed by atoms with Crippen LogP contribution in [0.4, 0.5) is 0 Å². The minimum atomic E-state index is -0.578. The van der Waals surface area contributed by atoms with Crippen molar-refractivity contribution in [2.24, 2.45) is 5.92 Å². The molecule has 0 spiro atoms. The van der Waals surface area contributed by atoms with E-state index in [1.54, 1.807) is 0 Å². The summed E-state index contributed by atoms with van der Waals surface area (Å²) in [4.78, 5) is 0. The second-order valence-corrected chi connectivity index (χ2v) is 7.84. The summed E-state index contributed by atoms with van der Waals surface area (Å²) in [6, 6.07) is 10.3. The van der Waals surface area contributed by atoms with Crippen molar-refractivity contribution in [3.05, 3.63) is 35.9 Å². The molecule has 1 N–H and O–H groups in total. The van der Waals surface area contributed by atoms with Gasteiger partial charge in [-0.05, 0) is 51.5 Å². The van der Waals surface area contributed by atoms with E-state index in [-0.39, 0.29) is 24.9 Å². The van der Waals surface area contributed by atoms with Gasteiger partial charge in [0.1, 0.15) is 0 Å². The predicted octanol–water partition coefficient (Wildman–Crippen LogP) is 4.69. The summed E-state index contributed by atoms with van der Waals surface area (Å²) >= 11 is 0. The average Bonchev–Trinajstić information content (AvgIpc) is 2.62. The molecule has 0 radical (unpaired) electrons. The van der Waals surface area contributed by atoms with Crippen molar-refractivity contribution in [3.63, 3.8) is 0 Å².